The first-order valence-corrected chi connectivity index (χ1v) is 8.87. The number of amides is 2. The van der Waals surface area contributed by atoms with Crippen molar-refractivity contribution in [2.24, 2.45) is 13.0 Å². The predicted molar refractivity (Wildman–Crippen MR) is 97.6 cm³/mol. The summed E-state index contributed by atoms with van der Waals surface area (Å²) in [6, 6.07) is 1.93. The van der Waals surface area contributed by atoms with E-state index in [1.165, 1.54) is 11.7 Å². The number of benzene rings is 1. The Labute approximate surface area is 168 Å². The number of hydrogen-bond acceptors (Lipinski definition) is 6. The highest BCUT2D eigenvalue weighted by atomic mass is 35.5. The van der Waals surface area contributed by atoms with Crippen LogP contribution in [0.5, 0.6) is 5.75 Å². The summed E-state index contributed by atoms with van der Waals surface area (Å²) < 4.78 is 43.4. The van der Waals surface area contributed by atoms with Gasteiger partial charge in [0.05, 0.1) is 10.6 Å². The highest BCUT2D eigenvalue weighted by Gasteiger charge is 2.34. The number of ether oxygens (including phenoxy) is 1. The molecular formula is C16H18ClF3N6O3. The third-order valence-corrected chi connectivity index (χ3v) is 4.42. The Morgan fingerprint density at radius 1 is 1.24 bits per heavy atom. The summed E-state index contributed by atoms with van der Waals surface area (Å²) >= 11 is 6.17. The lowest BCUT2D eigenvalue weighted by atomic mass is 10.0. The molecule has 29 heavy (non-hydrogen) atoms. The number of hydrogen-bond donors (Lipinski definition) is 2. The monoisotopic (exact) mass is 434 g/mol. The van der Waals surface area contributed by atoms with Crippen LogP contribution in [0.2, 0.25) is 5.02 Å². The van der Waals surface area contributed by atoms with Gasteiger partial charge >= 0.3 is 6.36 Å². The van der Waals surface area contributed by atoms with Crippen molar-refractivity contribution < 1.29 is 27.5 Å². The number of alkyl halides is 3. The van der Waals surface area contributed by atoms with Crippen LogP contribution in [0, 0.1) is 5.92 Å². The van der Waals surface area contributed by atoms with E-state index in [0.29, 0.717) is 12.8 Å². The number of nitrogens with zero attached hydrogens (tertiary/aromatic N) is 4. The van der Waals surface area contributed by atoms with E-state index in [9.17, 15) is 22.8 Å². The first kappa shape index (κ1) is 22.4. The van der Waals surface area contributed by atoms with Gasteiger partial charge in [-0.1, -0.05) is 30.5 Å². The summed E-state index contributed by atoms with van der Waals surface area (Å²) in [5.41, 5.74) is -0.659. The lowest BCUT2D eigenvalue weighted by Gasteiger charge is -2.19. The molecule has 2 amide bonds. The SMILES string of the molecule is CCC(CC)C(=O)Nc1c(OC(F)(F)F)ccc(C(=O)Nc2nnnn2C)c1Cl. The molecule has 0 aliphatic carbocycles. The fourth-order valence-electron chi connectivity index (χ4n) is 2.45. The zero-order valence-electron chi connectivity index (χ0n) is 15.7. The number of tetrazole rings is 1. The molecule has 0 atom stereocenters. The van der Waals surface area contributed by atoms with E-state index >= 15 is 0 Å². The van der Waals surface area contributed by atoms with Crippen LogP contribution < -0.4 is 15.4 Å². The third kappa shape index (κ3) is 5.56. The summed E-state index contributed by atoms with van der Waals surface area (Å²) in [6.45, 7) is 3.53. The highest BCUT2D eigenvalue weighted by Crippen LogP contribution is 2.38. The number of aromatic nitrogens is 4. The second kappa shape index (κ2) is 9.07. The molecule has 2 rings (SSSR count). The summed E-state index contributed by atoms with van der Waals surface area (Å²) in [6.07, 6.45) is -4.09. The second-order valence-corrected chi connectivity index (χ2v) is 6.31. The lowest BCUT2D eigenvalue weighted by Crippen LogP contribution is -2.25. The molecule has 0 fully saturated rings. The third-order valence-electron chi connectivity index (χ3n) is 4.02. The predicted octanol–water partition coefficient (Wildman–Crippen LogP) is 3.39. The lowest BCUT2D eigenvalue weighted by molar-refractivity contribution is -0.274. The smallest absolute Gasteiger partial charge is 0.404 e. The van der Waals surface area contributed by atoms with Gasteiger partial charge in [0.25, 0.3) is 5.91 Å². The van der Waals surface area contributed by atoms with Gasteiger partial charge in [-0.3, -0.25) is 14.9 Å². The minimum atomic E-state index is -5.02. The average molecular weight is 435 g/mol. The maximum absolute atomic E-state index is 12.8. The average Bonchev–Trinajstić information content (AvgIpc) is 3.02. The van der Waals surface area contributed by atoms with E-state index in [-0.39, 0.29) is 11.5 Å². The standard InChI is InChI=1S/C16H18ClF3N6O3/c1-4-8(5-2)13(27)21-12-10(29-16(18,19)20)7-6-9(11(12)17)14(28)22-15-23-24-25-26(15)3/h6-8H,4-5H2,1-3H3,(H,21,27)(H,22,23,25,28). The molecular weight excluding hydrogens is 417 g/mol. The van der Waals surface area contributed by atoms with Gasteiger partial charge in [0.15, 0.2) is 5.75 Å². The van der Waals surface area contributed by atoms with E-state index in [2.05, 4.69) is 30.9 Å². The molecule has 9 nitrogen and oxygen atoms in total. The summed E-state index contributed by atoms with van der Waals surface area (Å²) in [7, 11) is 1.47. The number of carbonyl (C=O) groups is 2. The zero-order chi connectivity index (χ0) is 21.8. The molecule has 1 heterocycles. The van der Waals surface area contributed by atoms with Crippen LogP contribution >= 0.6 is 11.6 Å². The molecule has 0 aliphatic rings. The Hall–Kier alpha value is -2.89. The van der Waals surface area contributed by atoms with E-state index in [1.807, 2.05) is 0 Å². The molecule has 0 saturated carbocycles. The number of nitrogens with one attached hydrogen (secondary N) is 2. The van der Waals surface area contributed by atoms with Crippen molar-refractivity contribution in [2.75, 3.05) is 10.6 Å². The van der Waals surface area contributed by atoms with Gasteiger partial charge in [0.2, 0.25) is 11.9 Å². The van der Waals surface area contributed by atoms with Gasteiger partial charge < -0.3 is 10.1 Å². The number of aryl methyl sites for hydroxylation is 1. The number of rotatable bonds is 7. The van der Waals surface area contributed by atoms with Gasteiger partial charge in [0.1, 0.15) is 5.69 Å². The van der Waals surface area contributed by atoms with E-state index in [4.69, 9.17) is 11.6 Å². The van der Waals surface area contributed by atoms with Crippen molar-refractivity contribution in [2.45, 2.75) is 33.1 Å². The molecule has 0 aliphatic heterocycles. The normalized spacial score (nSPS) is 11.4. The number of halogens is 4. The minimum absolute atomic E-state index is 0.00991. The first-order chi connectivity index (χ1) is 13.6. The Morgan fingerprint density at radius 2 is 1.90 bits per heavy atom. The van der Waals surface area contributed by atoms with Crippen molar-refractivity contribution in [3.8, 4) is 5.75 Å². The molecule has 2 N–H and O–H groups in total. The van der Waals surface area contributed by atoms with E-state index < -0.39 is 40.6 Å². The van der Waals surface area contributed by atoms with Crippen molar-refractivity contribution in [1.82, 2.24) is 20.2 Å². The molecule has 0 saturated heterocycles. The molecule has 0 radical (unpaired) electrons. The summed E-state index contributed by atoms with van der Waals surface area (Å²) in [4.78, 5) is 24.9. The van der Waals surface area contributed by atoms with Crippen molar-refractivity contribution >= 4 is 35.1 Å². The number of carbonyl (C=O) groups excluding carboxylic acids is 2. The van der Waals surface area contributed by atoms with Crippen molar-refractivity contribution in [1.29, 1.82) is 0 Å². The van der Waals surface area contributed by atoms with Crippen LogP contribution in [-0.2, 0) is 11.8 Å². The zero-order valence-corrected chi connectivity index (χ0v) is 16.4. The minimum Gasteiger partial charge on any atom is -0.404 e. The van der Waals surface area contributed by atoms with Gasteiger partial charge in [-0.15, -0.1) is 13.2 Å². The van der Waals surface area contributed by atoms with Crippen LogP contribution in [0.1, 0.15) is 37.0 Å². The van der Waals surface area contributed by atoms with Crippen molar-refractivity contribution in [3.63, 3.8) is 0 Å². The van der Waals surface area contributed by atoms with Gasteiger partial charge in [-0.05, 0) is 35.4 Å². The first-order valence-electron chi connectivity index (χ1n) is 8.50. The van der Waals surface area contributed by atoms with E-state index in [0.717, 1.165) is 12.1 Å². The molecule has 0 bridgehead atoms. The fraction of sp³-hybridized carbons (Fsp3) is 0.438. The number of anilines is 2. The molecule has 13 heteroatoms. The maximum Gasteiger partial charge on any atom is 0.573 e. The van der Waals surface area contributed by atoms with Gasteiger partial charge in [-0.2, -0.15) is 0 Å². The molecule has 158 valence electrons. The Kier molecular flexibility index (Phi) is 7.01. The molecule has 1 aromatic carbocycles. The quantitative estimate of drug-likeness (QED) is 0.691. The van der Waals surface area contributed by atoms with Gasteiger partial charge in [0, 0.05) is 13.0 Å². The summed E-state index contributed by atoms with van der Waals surface area (Å²) in [5, 5.41) is 14.8. The Balaban J connectivity index is 2.43. The van der Waals surface area contributed by atoms with Crippen LogP contribution in [0.3, 0.4) is 0 Å². The van der Waals surface area contributed by atoms with Crippen LogP contribution in [0.15, 0.2) is 12.1 Å². The maximum atomic E-state index is 12.8. The summed E-state index contributed by atoms with van der Waals surface area (Å²) in [5.74, 6) is -2.53. The van der Waals surface area contributed by atoms with Crippen LogP contribution in [0.4, 0.5) is 24.8 Å². The fourth-order valence-corrected chi connectivity index (χ4v) is 2.74. The van der Waals surface area contributed by atoms with Gasteiger partial charge in [-0.25, -0.2) is 4.68 Å². The topological polar surface area (TPSA) is 111 Å². The molecule has 0 unspecified atom stereocenters. The van der Waals surface area contributed by atoms with Crippen molar-refractivity contribution in [3.05, 3.63) is 22.7 Å². The molecule has 0 spiro atoms. The van der Waals surface area contributed by atoms with Crippen LogP contribution in [0.25, 0.3) is 0 Å². The largest absolute Gasteiger partial charge is 0.573 e. The molecule has 2 aromatic rings. The molecule has 1 aromatic heterocycles. The Morgan fingerprint density at radius 3 is 2.41 bits per heavy atom. The Bertz CT molecular complexity index is 899. The highest BCUT2D eigenvalue weighted by molar-refractivity contribution is 6.37. The van der Waals surface area contributed by atoms with E-state index in [1.54, 1.807) is 13.8 Å². The van der Waals surface area contributed by atoms with Crippen LogP contribution in [-0.4, -0.2) is 38.4 Å². The second-order valence-electron chi connectivity index (χ2n) is 5.93.